The van der Waals surface area contributed by atoms with Gasteiger partial charge < -0.3 is 9.72 Å². The molecule has 1 aromatic heterocycles. The molecule has 0 spiro atoms. The van der Waals surface area contributed by atoms with Gasteiger partial charge >= 0.3 is 5.97 Å². The zero-order chi connectivity index (χ0) is 12.8. The monoisotopic (exact) mass is 242 g/mol. The van der Waals surface area contributed by atoms with E-state index in [0.717, 1.165) is 18.4 Å². The van der Waals surface area contributed by atoms with E-state index in [1.165, 1.54) is 10.9 Å². The summed E-state index contributed by atoms with van der Waals surface area (Å²) in [5.74, 6) is -0.309. The standard InChI is InChI=1S/C14H14N2O2/c15-8-9-18-14(17)7-3-4-11-10-16-13-6-2-1-5-12(11)13/h1-2,5-6,10,16H,3-4,7,9H2. The number of aryl methyl sites for hydroxylation is 1. The van der Waals surface area contributed by atoms with Gasteiger partial charge in [-0.2, -0.15) is 5.26 Å². The summed E-state index contributed by atoms with van der Waals surface area (Å²) in [5, 5.41) is 9.47. The minimum absolute atomic E-state index is 0.161. The van der Waals surface area contributed by atoms with Crippen molar-refractivity contribution in [3.8, 4) is 6.07 Å². The molecule has 2 rings (SSSR count). The SMILES string of the molecule is N#CCOC(=O)CCCc1c[nH]c2ccccc12. The fraction of sp³-hybridized carbons (Fsp3) is 0.286. The highest BCUT2D eigenvalue weighted by Gasteiger charge is 2.05. The number of carbonyl (C=O) groups is 1. The van der Waals surface area contributed by atoms with Gasteiger partial charge in [-0.25, -0.2) is 0 Å². The summed E-state index contributed by atoms with van der Waals surface area (Å²) in [7, 11) is 0. The Balaban J connectivity index is 1.87. The number of esters is 1. The first kappa shape index (κ1) is 12.2. The van der Waals surface area contributed by atoms with Crippen molar-refractivity contribution in [1.29, 1.82) is 5.26 Å². The van der Waals surface area contributed by atoms with Crippen LogP contribution in [0.3, 0.4) is 0 Å². The first-order valence-corrected chi connectivity index (χ1v) is 5.89. The molecular formula is C14H14N2O2. The molecule has 4 heteroatoms. The molecule has 1 aromatic carbocycles. The fourth-order valence-electron chi connectivity index (χ4n) is 1.95. The summed E-state index contributed by atoms with van der Waals surface area (Å²) < 4.78 is 4.69. The Morgan fingerprint density at radius 3 is 3.06 bits per heavy atom. The lowest BCUT2D eigenvalue weighted by Crippen LogP contribution is -2.04. The van der Waals surface area contributed by atoms with Crippen molar-refractivity contribution in [2.24, 2.45) is 0 Å². The Bertz CT molecular complexity index is 581. The van der Waals surface area contributed by atoms with E-state index in [4.69, 9.17) is 10.00 Å². The van der Waals surface area contributed by atoms with Crippen molar-refractivity contribution in [2.45, 2.75) is 19.3 Å². The highest BCUT2D eigenvalue weighted by Crippen LogP contribution is 2.19. The third-order valence-electron chi connectivity index (χ3n) is 2.80. The second kappa shape index (κ2) is 5.87. The third kappa shape index (κ3) is 2.89. The van der Waals surface area contributed by atoms with Gasteiger partial charge in [0.25, 0.3) is 0 Å². The number of nitrogens with zero attached hydrogens (tertiary/aromatic N) is 1. The number of hydrogen-bond donors (Lipinski definition) is 1. The number of rotatable bonds is 5. The number of nitrogens with one attached hydrogen (secondary N) is 1. The molecule has 0 fully saturated rings. The van der Waals surface area contributed by atoms with Crippen LogP contribution >= 0.6 is 0 Å². The van der Waals surface area contributed by atoms with Crippen LogP contribution in [0.5, 0.6) is 0 Å². The van der Waals surface area contributed by atoms with Crippen molar-refractivity contribution in [2.75, 3.05) is 6.61 Å². The van der Waals surface area contributed by atoms with Crippen LogP contribution in [0.1, 0.15) is 18.4 Å². The molecule has 1 heterocycles. The Morgan fingerprint density at radius 2 is 2.22 bits per heavy atom. The quantitative estimate of drug-likeness (QED) is 0.819. The van der Waals surface area contributed by atoms with Crippen LogP contribution < -0.4 is 0 Å². The van der Waals surface area contributed by atoms with Crippen LogP contribution in [0.15, 0.2) is 30.5 Å². The van der Waals surface area contributed by atoms with Gasteiger partial charge in [-0.1, -0.05) is 18.2 Å². The summed E-state index contributed by atoms with van der Waals surface area (Å²) in [4.78, 5) is 14.4. The molecule has 0 atom stereocenters. The first-order chi connectivity index (χ1) is 8.81. The van der Waals surface area contributed by atoms with Crippen molar-refractivity contribution in [3.05, 3.63) is 36.0 Å². The average Bonchev–Trinajstić information content (AvgIpc) is 2.80. The van der Waals surface area contributed by atoms with E-state index in [2.05, 4.69) is 11.1 Å². The Morgan fingerprint density at radius 1 is 1.39 bits per heavy atom. The molecule has 92 valence electrons. The van der Waals surface area contributed by atoms with E-state index in [9.17, 15) is 4.79 Å². The molecule has 0 unspecified atom stereocenters. The van der Waals surface area contributed by atoms with Crippen LogP contribution in [0, 0.1) is 11.3 Å². The summed E-state index contributed by atoms with van der Waals surface area (Å²) in [6.07, 6.45) is 3.88. The van der Waals surface area contributed by atoms with E-state index in [0.29, 0.717) is 6.42 Å². The number of H-pyrrole nitrogens is 1. The van der Waals surface area contributed by atoms with Gasteiger partial charge in [0, 0.05) is 23.5 Å². The summed E-state index contributed by atoms with van der Waals surface area (Å²) in [6, 6.07) is 9.86. The minimum Gasteiger partial charge on any atom is -0.450 e. The molecule has 0 bridgehead atoms. The van der Waals surface area contributed by atoms with Crippen LogP contribution in [0.4, 0.5) is 0 Å². The number of fused-ring (bicyclic) bond motifs is 1. The lowest BCUT2D eigenvalue weighted by molar-refractivity contribution is -0.142. The normalized spacial score (nSPS) is 10.2. The summed E-state index contributed by atoms with van der Waals surface area (Å²) in [5.41, 5.74) is 2.32. The largest absolute Gasteiger partial charge is 0.450 e. The Kier molecular flexibility index (Phi) is 3.98. The maximum absolute atomic E-state index is 11.2. The number of para-hydroxylation sites is 1. The molecule has 18 heavy (non-hydrogen) atoms. The summed E-state index contributed by atoms with van der Waals surface area (Å²) >= 11 is 0. The lowest BCUT2D eigenvalue weighted by Gasteiger charge is -2.00. The molecule has 0 radical (unpaired) electrons. The predicted octanol–water partition coefficient (Wildman–Crippen LogP) is 2.56. The molecule has 0 saturated carbocycles. The van der Waals surface area contributed by atoms with E-state index < -0.39 is 0 Å². The number of ether oxygens (including phenoxy) is 1. The Hall–Kier alpha value is -2.28. The second-order valence-electron chi connectivity index (χ2n) is 4.03. The van der Waals surface area contributed by atoms with Gasteiger partial charge in [0.15, 0.2) is 6.61 Å². The first-order valence-electron chi connectivity index (χ1n) is 5.89. The molecule has 4 nitrogen and oxygen atoms in total. The molecule has 0 aliphatic heterocycles. The van der Waals surface area contributed by atoms with E-state index in [1.54, 1.807) is 6.07 Å². The van der Waals surface area contributed by atoms with Crippen molar-refractivity contribution in [3.63, 3.8) is 0 Å². The second-order valence-corrected chi connectivity index (χ2v) is 4.03. The number of aromatic amines is 1. The summed E-state index contributed by atoms with van der Waals surface area (Å²) in [6.45, 7) is -0.161. The smallest absolute Gasteiger partial charge is 0.306 e. The topological polar surface area (TPSA) is 65.9 Å². The van der Waals surface area contributed by atoms with Gasteiger partial charge in [-0.3, -0.25) is 4.79 Å². The maximum Gasteiger partial charge on any atom is 0.306 e. The zero-order valence-electron chi connectivity index (χ0n) is 9.98. The number of benzene rings is 1. The predicted molar refractivity (Wildman–Crippen MR) is 67.8 cm³/mol. The number of hydrogen-bond acceptors (Lipinski definition) is 3. The molecule has 0 aliphatic carbocycles. The number of nitriles is 1. The van der Waals surface area contributed by atoms with E-state index in [-0.39, 0.29) is 12.6 Å². The molecule has 0 saturated heterocycles. The maximum atomic E-state index is 11.2. The van der Waals surface area contributed by atoms with Crippen LogP contribution in [-0.2, 0) is 16.0 Å². The van der Waals surface area contributed by atoms with Crippen LogP contribution in [-0.4, -0.2) is 17.6 Å². The lowest BCUT2D eigenvalue weighted by atomic mass is 10.1. The highest BCUT2D eigenvalue weighted by molar-refractivity contribution is 5.83. The molecule has 0 amide bonds. The van der Waals surface area contributed by atoms with Gasteiger partial charge in [0.2, 0.25) is 0 Å². The van der Waals surface area contributed by atoms with Gasteiger partial charge in [0.1, 0.15) is 6.07 Å². The molecule has 1 N–H and O–H groups in total. The van der Waals surface area contributed by atoms with E-state index in [1.807, 2.05) is 24.4 Å². The molecular weight excluding hydrogens is 228 g/mol. The van der Waals surface area contributed by atoms with Gasteiger partial charge in [0.05, 0.1) is 0 Å². The zero-order valence-corrected chi connectivity index (χ0v) is 9.98. The molecule has 2 aromatic rings. The van der Waals surface area contributed by atoms with Crippen molar-refractivity contribution < 1.29 is 9.53 Å². The third-order valence-corrected chi connectivity index (χ3v) is 2.80. The Labute approximate surface area is 105 Å². The van der Waals surface area contributed by atoms with Crippen molar-refractivity contribution >= 4 is 16.9 Å². The van der Waals surface area contributed by atoms with E-state index >= 15 is 0 Å². The fourth-order valence-corrected chi connectivity index (χ4v) is 1.95. The van der Waals surface area contributed by atoms with Crippen LogP contribution in [0.2, 0.25) is 0 Å². The number of aromatic nitrogens is 1. The van der Waals surface area contributed by atoms with Gasteiger partial charge in [-0.15, -0.1) is 0 Å². The minimum atomic E-state index is -0.309. The average molecular weight is 242 g/mol. The molecule has 0 aliphatic rings. The number of carbonyl (C=O) groups excluding carboxylic acids is 1. The van der Waals surface area contributed by atoms with Crippen LogP contribution in [0.25, 0.3) is 10.9 Å². The van der Waals surface area contributed by atoms with Crippen molar-refractivity contribution in [1.82, 2.24) is 4.98 Å². The highest BCUT2D eigenvalue weighted by atomic mass is 16.5. The van der Waals surface area contributed by atoms with Gasteiger partial charge in [-0.05, 0) is 24.5 Å².